The smallest absolute Gasteiger partial charge is 0.303 e. The number of carbonyl (C=O) groups is 1. The Balaban J connectivity index is 2.01. The van der Waals surface area contributed by atoms with Crippen LogP contribution in [0.25, 0.3) is 11.5 Å². The zero-order chi connectivity index (χ0) is 14.5. The van der Waals surface area contributed by atoms with Crippen molar-refractivity contribution in [3.63, 3.8) is 0 Å². The Kier molecular flexibility index (Phi) is 5.14. The minimum atomic E-state index is -0.793. The van der Waals surface area contributed by atoms with E-state index in [1.165, 1.54) is 0 Å². The molecule has 5 nitrogen and oxygen atoms in total. The fourth-order valence-electron chi connectivity index (χ4n) is 1.68. The van der Waals surface area contributed by atoms with E-state index in [2.05, 4.69) is 26.1 Å². The van der Waals surface area contributed by atoms with Crippen molar-refractivity contribution in [1.82, 2.24) is 10.2 Å². The Bertz CT molecular complexity index is 615. The summed E-state index contributed by atoms with van der Waals surface area (Å²) in [6.07, 6.45) is 2.01. The van der Waals surface area contributed by atoms with Gasteiger partial charge in [0.25, 0.3) is 0 Å². The predicted octanol–water partition coefficient (Wildman–Crippen LogP) is 3.95. The van der Waals surface area contributed by atoms with E-state index in [0.717, 1.165) is 10.0 Å². The minimum Gasteiger partial charge on any atom is -0.481 e. The number of aryl methyl sites for hydroxylation is 1. The van der Waals surface area contributed by atoms with Crippen molar-refractivity contribution in [3.8, 4) is 11.5 Å². The number of aromatic nitrogens is 2. The SMILES string of the molecule is O=C(O)CCCCc1nnc(-c2cc(Cl)ccc2Br)o1. The van der Waals surface area contributed by atoms with Crippen LogP contribution in [0.3, 0.4) is 0 Å². The van der Waals surface area contributed by atoms with Crippen LogP contribution < -0.4 is 0 Å². The molecule has 2 rings (SSSR count). The van der Waals surface area contributed by atoms with E-state index in [-0.39, 0.29) is 6.42 Å². The zero-order valence-electron chi connectivity index (χ0n) is 10.5. The molecular formula is C13H12BrClN2O3. The van der Waals surface area contributed by atoms with E-state index in [1.54, 1.807) is 12.1 Å². The number of halogens is 2. The molecule has 0 saturated carbocycles. The number of hydrogen-bond donors (Lipinski definition) is 1. The molecular weight excluding hydrogens is 348 g/mol. The third-order valence-electron chi connectivity index (χ3n) is 2.66. The predicted molar refractivity (Wildman–Crippen MR) is 77.6 cm³/mol. The molecule has 1 aromatic carbocycles. The Morgan fingerprint density at radius 1 is 1.35 bits per heavy atom. The topological polar surface area (TPSA) is 76.2 Å². The van der Waals surface area contributed by atoms with E-state index in [1.807, 2.05) is 6.07 Å². The highest BCUT2D eigenvalue weighted by Crippen LogP contribution is 2.30. The summed E-state index contributed by atoms with van der Waals surface area (Å²) in [4.78, 5) is 10.4. The molecule has 0 fully saturated rings. The Labute approximate surface area is 129 Å². The van der Waals surface area contributed by atoms with Crippen LogP contribution in [0.5, 0.6) is 0 Å². The van der Waals surface area contributed by atoms with Crippen LogP contribution >= 0.6 is 27.5 Å². The Morgan fingerprint density at radius 2 is 2.15 bits per heavy atom. The molecule has 0 bridgehead atoms. The maximum atomic E-state index is 10.4. The highest BCUT2D eigenvalue weighted by Gasteiger charge is 2.12. The molecule has 1 aromatic heterocycles. The molecule has 0 unspecified atom stereocenters. The maximum Gasteiger partial charge on any atom is 0.303 e. The van der Waals surface area contributed by atoms with Gasteiger partial charge >= 0.3 is 5.97 Å². The maximum absolute atomic E-state index is 10.4. The molecule has 0 aliphatic heterocycles. The lowest BCUT2D eigenvalue weighted by Gasteiger charge is -1.99. The van der Waals surface area contributed by atoms with Crippen LogP contribution in [0.4, 0.5) is 0 Å². The van der Waals surface area contributed by atoms with Crippen molar-refractivity contribution in [1.29, 1.82) is 0 Å². The first-order valence-corrected chi connectivity index (χ1v) is 7.23. The molecule has 2 aromatic rings. The number of nitrogens with zero attached hydrogens (tertiary/aromatic N) is 2. The van der Waals surface area contributed by atoms with Gasteiger partial charge in [0.1, 0.15) is 0 Å². The molecule has 106 valence electrons. The minimum absolute atomic E-state index is 0.154. The lowest BCUT2D eigenvalue weighted by Crippen LogP contribution is -1.95. The van der Waals surface area contributed by atoms with Gasteiger partial charge in [0, 0.05) is 22.3 Å². The van der Waals surface area contributed by atoms with Gasteiger partial charge in [0.15, 0.2) is 0 Å². The second kappa shape index (κ2) is 6.85. The molecule has 0 atom stereocenters. The number of aliphatic carboxylic acids is 1. The van der Waals surface area contributed by atoms with E-state index < -0.39 is 5.97 Å². The third-order valence-corrected chi connectivity index (χ3v) is 3.58. The molecule has 0 spiro atoms. The van der Waals surface area contributed by atoms with Gasteiger partial charge in [-0.3, -0.25) is 4.79 Å². The average Bonchev–Trinajstić information content (AvgIpc) is 2.86. The molecule has 0 radical (unpaired) electrons. The summed E-state index contributed by atoms with van der Waals surface area (Å²) in [5, 5.41) is 17.1. The Morgan fingerprint density at radius 3 is 2.90 bits per heavy atom. The van der Waals surface area contributed by atoms with Gasteiger partial charge in [-0.25, -0.2) is 0 Å². The normalized spacial score (nSPS) is 10.7. The van der Waals surface area contributed by atoms with E-state index >= 15 is 0 Å². The molecule has 0 amide bonds. The van der Waals surface area contributed by atoms with Crippen molar-refractivity contribution >= 4 is 33.5 Å². The molecule has 1 heterocycles. The van der Waals surface area contributed by atoms with Crippen LogP contribution in [0.15, 0.2) is 27.1 Å². The number of benzene rings is 1. The van der Waals surface area contributed by atoms with Gasteiger partial charge < -0.3 is 9.52 Å². The van der Waals surface area contributed by atoms with Crippen LogP contribution in [-0.2, 0) is 11.2 Å². The molecule has 0 saturated heterocycles. The lowest BCUT2D eigenvalue weighted by molar-refractivity contribution is -0.137. The number of carboxylic acids is 1. The summed E-state index contributed by atoms with van der Waals surface area (Å²) in [5.41, 5.74) is 0.738. The highest BCUT2D eigenvalue weighted by atomic mass is 79.9. The summed E-state index contributed by atoms with van der Waals surface area (Å²) >= 11 is 9.34. The lowest BCUT2D eigenvalue weighted by atomic mass is 10.2. The quantitative estimate of drug-likeness (QED) is 0.790. The number of hydrogen-bond acceptors (Lipinski definition) is 4. The molecule has 1 N–H and O–H groups in total. The number of rotatable bonds is 6. The average molecular weight is 360 g/mol. The summed E-state index contributed by atoms with van der Waals surface area (Å²) in [6, 6.07) is 5.32. The zero-order valence-corrected chi connectivity index (χ0v) is 12.8. The van der Waals surface area contributed by atoms with E-state index in [0.29, 0.717) is 36.1 Å². The van der Waals surface area contributed by atoms with Gasteiger partial charge in [-0.2, -0.15) is 0 Å². The monoisotopic (exact) mass is 358 g/mol. The first-order valence-electron chi connectivity index (χ1n) is 6.06. The van der Waals surface area contributed by atoms with Gasteiger partial charge in [0.05, 0.1) is 5.56 Å². The van der Waals surface area contributed by atoms with Gasteiger partial charge in [-0.05, 0) is 47.0 Å². The van der Waals surface area contributed by atoms with Gasteiger partial charge in [0.2, 0.25) is 11.8 Å². The van der Waals surface area contributed by atoms with Crippen molar-refractivity contribution < 1.29 is 14.3 Å². The second-order valence-corrected chi connectivity index (χ2v) is 5.52. The van der Waals surface area contributed by atoms with Gasteiger partial charge in [-0.15, -0.1) is 10.2 Å². The molecule has 0 aliphatic rings. The summed E-state index contributed by atoms with van der Waals surface area (Å²) in [7, 11) is 0. The summed E-state index contributed by atoms with van der Waals surface area (Å²) < 4.78 is 6.38. The highest BCUT2D eigenvalue weighted by molar-refractivity contribution is 9.10. The summed E-state index contributed by atoms with van der Waals surface area (Å²) in [6.45, 7) is 0. The largest absolute Gasteiger partial charge is 0.481 e. The van der Waals surface area contributed by atoms with Crippen LogP contribution in [0.1, 0.15) is 25.2 Å². The Hall–Kier alpha value is -1.40. The first-order chi connectivity index (χ1) is 9.56. The number of carboxylic acid groups (broad SMARTS) is 1. The van der Waals surface area contributed by atoms with Crippen molar-refractivity contribution in [2.75, 3.05) is 0 Å². The van der Waals surface area contributed by atoms with Gasteiger partial charge in [-0.1, -0.05) is 11.6 Å². The van der Waals surface area contributed by atoms with E-state index in [9.17, 15) is 4.79 Å². The molecule has 0 aliphatic carbocycles. The molecule has 7 heteroatoms. The fraction of sp³-hybridized carbons (Fsp3) is 0.308. The van der Waals surface area contributed by atoms with E-state index in [4.69, 9.17) is 21.1 Å². The van der Waals surface area contributed by atoms with Crippen molar-refractivity contribution in [2.45, 2.75) is 25.7 Å². The van der Waals surface area contributed by atoms with Crippen molar-refractivity contribution in [2.24, 2.45) is 0 Å². The van der Waals surface area contributed by atoms with Crippen LogP contribution in [-0.4, -0.2) is 21.3 Å². The second-order valence-electron chi connectivity index (χ2n) is 4.23. The summed E-state index contributed by atoms with van der Waals surface area (Å²) in [5.74, 6) is 0.101. The third kappa shape index (κ3) is 4.05. The van der Waals surface area contributed by atoms with Crippen molar-refractivity contribution in [3.05, 3.63) is 33.6 Å². The standard InChI is InChI=1S/C13H12BrClN2O3/c14-10-6-5-8(15)7-9(10)13-17-16-11(20-13)3-1-2-4-12(18)19/h5-7H,1-4H2,(H,18,19). The van der Waals surface area contributed by atoms with Crippen LogP contribution in [0.2, 0.25) is 5.02 Å². The fourth-order valence-corrected chi connectivity index (χ4v) is 2.27. The van der Waals surface area contributed by atoms with Crippen LogP contribution in [0, 0.1) is 0 Å². The number of unbranched alkanes of at least 4 members (excludes halogenated alkanes) is 1. The molecule has 20 heavy (non-hydrogen) atoms. The first kappa shape index (κ1) is 15.0.